The van der Waals surface area contributed by atoms with E-state index >= 15 is 0 Å². The summed E-state index contributed by atoms with van der Waals surface area (Å²) in [7, 11) is 0. The van der Waals surface area contributed by atoms with Gasteiger partial charge in [0.25, 0.3) is 0 Å². The molecule has 4 aliphatic rings. The molecule has 0 spiro atoms. The summed E-state index contributed by atoms with van der Waals surface area (Å²) in [6, 6.07) is 0. The highest BCUT2D eigenvalue weighted by Gasteiger charge is 2.61. The fraction of sp³-hybridized carbons (Fsp3) is 0.950. The molecule has 1 N–H and O–H groups in total. The Morgan fingerprint density at radius 3 is 2.55 bits per heavy atom. The van der Waals surface area contributed by atoms with Gasteiger partial charge in [-0.2, -0.15) is 0 Å². The van der Waals surface area contributed by atoms with Crippen LogP contribution in [0.4, 0.5) is 0 Å². The van der Waals surface area contributed by atoms with Crippen molar-refractivity contribution >= 4 is 5.78 Å². The Balaban J connectivity index is 1.67. The Bertz CT molecular complexity index is 486. The van der Waals surface area contributed by atoms with Crippen molar-refractivity contribution in [3.8, 4) is 0 Å². The number of carbonyl (C=O) groups is 1. The van der Waals surface area contributed by atoms with Crippen LogP contribution in [0.3, 0.4) is 0 Å². The fourth-order valence-corrected chi connectivity index (χ4v) is 7.45. The van der Waals surface area contributed by atoms with Gasteiger partial charge in [0, 0.05) is 12.8 Å². The SMILES string of the molecule is C[C@@H]1CC(=O)C[C@H]2CC[C@H]3[C@@H]4CC[C@H](O)[C@@]4(C)CC[C@@H]3[C@]21C. The van der Waals surface area contributed by atoms with Crippen LogP contribution in [0.2, 0.25) is 0 Å². The van der Waals surface area contributed by atoms with Gasteiger partial charge in [0.2, 0.25) is 0 Å². The van der Waals surface area contributed by atoms with Crippen LogP contribution in [0.5, 0.6) is 0 Å². The minimum Gasteiger partial charge on any atom is -0.393 e. The maximum absolute atomic E-state index is 12.1. The van der Waals surface area contributed by atoms with E-state index in [-0.39, 0.29) is 11.5 Å². The predicted molar refractivity (Wildman–Crippen MR) is 87.3 cm³/mol. The van der Waals surface area contributed by atoms with Crippen molar-refractivity contribution in [1.29, 1.82) is 0 Å². The maximum Gasteiger partial charge on any atom is 0.133 e. The van der Waals surface area contributed by atoms with Crippen molar-refractivity contribution in [1.82, 2.24) is 0 Å². The van der Waals surface area contributed by atoms with Crippen LogP contribution in [0, 0.1) is 40.4 Å². The van der Waals surface area contributed by atoms with Gasteiger partial charge in [0.1, 0.15) is 5.78 Å². The molecule has 0 aliphatic heterocycles. The molecule has 4 fully saturated rings. The van der Waals surface area contributed by atoms with Crippen molar-refractivity contribution in [2.45, 2.75) is 78.2 Å². The molecule has 0 amide bonds. The first-order valence-electron chi connectivity index (χ1n) is 9.57. The average Bonchev–Trinajstić information content (AvgIpc) is 2.77. The zero-order valence-electron chi connectivity index (χ0n) is 14.5. The fourth-order valence-electron chi connectivity index (χ4n) is 7.45. The van der Waals surface area contributed by atoms with E-state index in [0.717, 1.165) is 37.0 Å². The van der Waals surface area contributed by atoms with Crippen LogP contribution < -0.4 is 0 Å². The van der Waals surface area contributed by atoms with Gasteiger partial charge in [0.15, 0.2) is 0 Å². The lowest BCUT2D eigenvalue weighted by Crippen LogP contribution is -2.56. The summed E-state index contributed by atoms with van der Waals surface area (Å²) in [5, 5.41) is 10.5. The number of aliphatic hydroxyl groups is 1. The molecule has 0 aromatic rings. The number of hydrogen-bond acceptors (Lipinski definition) is 2. The van der Waals surface area contributed by atoms with Crippen LogP contribution in [-0.2, 0) is 4.79 Å². The van der Waals surface area contributed by atoms with Gasteiger partial charge < -0.3 is 5.11 Å². The molecule has 22 heavy (non-hydrogen) atoms. The van der Waals surface area contributed by atoms with E-state index in [1.807, 2.05) is 0 Å². The van der Waals surface area contributed by atoms with Gasteiger partial charge in [-0.3, -0.25) is 4.79 Å². The molecule has 0 unspecified atom stereocenters. The molecule has 0 bridgehead atoms. The summed E-state index contributed by atoms with van der Waals surface area (Å²) in [5.74, 6) is 3.99. The Labute approximate surface area is 135 Å². The molecule has 2 nitrogen and oxygen atoms in total. The topological polar surface area (TPSA) is 37.3 Å². The van der Waals surface area contributed by atoms with Crippen LogP contribution in [0.1, 0.15) is 72.1 Å². The molecule has 8 atom stereocenters. The van der Waals surface area contributed by atoms with E-state index in [2.05, 4.69) is 20.8 Å². The molecule has 2 heteroatoms. The Kier molecular flexibility index (Phi) is 3.32. The quantitative estimate of drug-likeness (QED) is 0.728. The zero-order chi connectivity index (χ0) is 15.7. The molecule has 124 valence electrons. The van der Waals surface area contributed by atoms with Crippen LogP contribution in [-0.4, -0.2) is 17.0 Å². The molecular formula is C20H32O2. The molecule has 4 rings (SSSR count). The van der Waals surface area contributed by atoms with E-state index < -0.39 is 0 Å². The third kappa shape index (κ3) is 1.79. The number of hydrogen-bond donors (Lipinski definition) is 1. The van der Waals surface area contributed by atoms with E-state index in [4.69, 9.17) is 0 Å². The first-order chi connectivity index (χ1) is 10.4. The third-order valence-electron chi connectivity index (χ3n) is 8.98. The number of carbonyl (C=O) groups excluding carboxylic acids is 1. The summed E-state index contributed by atoms with van der Waals surface area (Å²) in [6.45, 7) is 7.21. The minimum absolute atomic E-state index is 0.0747. The summed E-state index contributed by atoms with van der Waals surface area (Å²) < 4.78 is 0. The normalized spacial score (nSPS) is 57.9. The minimum atomic E-state index is -0.0747. The Hall–Kier alpha value is -0.370. The molecule has 4 aliphatic carbocycles. The zero-order valence-corrected chi connectivity index (χ0v) is 14.5. The molecular weight excluding hydrogens is 272 g/mol. The number of ketones is 1. The highest BCUT2D eigenvalue weighted by molar-refractivity contribution is 5.80. The third-order valence-corrected chi connectivity index (χ3v) is 8.98. The van der Waals surface area contributed by atoms with E-state index in [1.54, 1.807) is 0 Å². The van der Waals surface area contributed by atoms with Crippen molar-refractivity contribution in [2.75, 3.05) is 0 Å². The number of aliphatic hydroxyl groups excluding tert-OH is 1. The number of rotatable bonds is 0. The Morgan fingerprint density at radius 2 is 1.77 bits per heavy atom. The summed E-state index contributed by atoms with van der Waals surface area (Å²) in [5.41, 5.74) is 0.545. The second-order valence-electron chi connectivity index (χ2n) is 9.50. The smallest absolute Gasteiger partial charge is 0.133 e. The number of fused-ring (bicyclic) bond motifs is 5. The van der Waals surface area contributed by atoms with Gasteiger partial charge >= 0.3 is 0 Å². The average molecular weight is 304 g/mol. The standard InChI is InChI=1S/C20H32O2/c1-12-10-14(21)11-13-4-5-15-16-6-7-18(22)19(16,2)9-8-17(15)20(12,13)3/h12-13,15-18,22H,4-11H2,1-3H3/t12-,13-,15+,16+,17+,18+,19+,20+/m1/s1. The van der Waals surface area contributed by atoms with Crippen LogP contribution >= 0.6 is 0 Å². The monoisotopic (exact) mass is 304 g/mol. The lowest BCUT2D eigenvalue weighted by atomic mass is 9.43. The van der Waals surface area contributed by atoms with Crippen LogP contribution in [0.15, 0.2) is 0 Å². The molecule has 0 saturated heterocycles. The van der Waals surface area contributed by atoms with Gasteiger partial charge in [-0.05, 0) is 78.9 Å². The highest BCUT2D eigenvalue weighted by atomic mass is 16.3. The molecule has 4 saturated carbocycles. The van der Waals surface area contributed by atoms with Crippen molar-refractivity contribution in [2.24, 2.45) is 40.4 Å². The van der Waals surface area contributed by atoms with Gasteiger partial charge in [0.05, 0.1) is 6.10 Å². The molecule has 0 radical (unpaired) electrons. The van der Waals surface area contributed by atoms with E-state index in [0.29, 0.717) is 23.0 Å². The first kappa shape index (κ1) is 15.2. The number of Topliss-reactive ketones (excluding diaryl/α,β-unsaturated/α-hetero) is 1. The molecule has 0 aromatic carbocycles. The second-order valence-corrected chi connectivity index (χ2v) is 9.50. The summed E-state index contributed by atoms with van der Waals surface area (Å²) in [4.78, 5) is 12.1. The lowest BCUT2D eigenvalue weighted by molar-refractivity contribution is -0.154. The largest absolute Gasteiger partial charge is 0.393 e. The summed E-state index contributed by atoms with van der Waals surface area (Å²) in [6.07, 6.45) is 8.84. The van der Waals surface area contributed by atoms with E-state index in [1.165, 1.54) is 32.1 Å². The highest BCUT2D eigenvalue weighted by Crippen LogP contribution is 2.66. The van der Waals surface area contributed by atoms with Gasteiger partial charge in [-0.25, -0.2) is 0 Å². The summed E-state index contributed by atoms with van der Waals surface area (Å²) >= 11 is 0. The second kappa shape index (κ2) is 4.82. The van der Waals surface area contributed by atoms with Crippen LogP contribution in [0.25, 0.3) is 0 Å². The van der Waals surface area contributed by atoms with Gasteiger partial charge in [-0.1, -0.05) is 20.8 Å². The molecule has 0 heterocycles. The lowest BCUT2D eigenvalue weighted by Gasteiger charge is -2.62. The van der Waals surface area contributed by atoms with Crippen molar-refractivity contribution in [3.05, 3.63) is 0 Å². The predicted octanol–water partition coefficient (Wildman–Crippen LogP) is 4.21. The first-order valence-corrected chi connectivity index (χ1v) is 9.57. The van der Waals surface area contributed by atoms with Crippen molar-refractivity contribution in [3.63, 3.8) is 0 Å². The maximum atomic E-state index is 12.1. The van der Waals surface area contributed by atoms with Gasteiger partial charge in [-0.15, -0.1) is 0 Å². The van der Waals surface area contributed by atoms with E-state index in [9.17, 15) is 9.90 Å². The Morgan fingerprint density at radius 1 is 1.00 bits per heavy atom. The molecule has 0 aromatic heterocycles. The van der Waals surface area contributed by atoms with Crippen molar-refractivity contribution < 1.29 is 9.90 Å².